The first-order valence-corrected chi connectivity index (χ1v) is 28.0. The molecule has 8 N–H and O–H groups in total. The van der Waals surface area contributed by atoms with E-state index in [1.165, 1.54) is 28.2 Å². The van der Waals surface area contributed by atoms with Gasteiger partial charge >= 0.3 is 0 Å². The molecular formula is C59H94N8O4. The summed E-state index contributed by atoms with van der Waals surface area (Å²) in [7, 11) is 0. The molecule has 5 fully saturated rings. The first-order chi connectivity index (χ1) is 33.8. The monoisotopic (exact) mass is 979 g/mol. The van der Waals surface area contributed by atoms with E-state index in [-0.39, 0.29) is 77.4 Å². The van der Waals surface area contributed by atoms with Gasteiger partial charge in [-0.3, -0.25) is 19.3 Å². The van der Waals surface area contributed by atoms with Gasteiger partial charge in [0.25, 0.3) is 0 Å². The van der Waals surface area contributed by atoms with Crippen LogP contribution in [0.5, 0.6) is 0 Å². The zero-order chi connectivity index (χ0) is 51.4. The molecular weight excluding hydrogens is 885 g/mol. The molecule has 0 aromatic carbocycles. The smallest absolute Gasteiger partial charge is 0.242 e. The third-order valence-corrected chi connectivity index (χ3v) is 18.4. The maximum Gasteiger partial charge on any atom is 0.242 e. The van der Waals surface area contributed by atoms with Crippen LogP contribution in [0.25, 0.3) is 0 Å². The van der Waals surface area contributed by atoms with Crippen molar-refractivity contribution in [2.24, 2.45) is 53.3 Å². The zero-order valence-electron chi connectivity index (χ0n) is 45.6. The topological polar surface area (TPSA) is 159 Å². The number of aliphatic hydroxyl groups excluding tert-OH is 1. The number of amides is 2. The normalized spacial score (nSPS) is 34.2. The van der Waals surface area contributed by atoms with Gasteiger partial charge in [-0.2, -0.15) is 0 Å². The fourth-order valence-corrected chi connectivity index (χ4v) is 13.9. The summed E-state index contributed by atoms with van der Waals surface area (Å²) >= 11 is 0. The Kier molecular flexibility index (Phi) is 18.3. The Morgan fingerprint density at radius 1 is 0.930 bits per heavy atom. The largest absolute Gasteiger partial charge is 0.512 e. The van der Waals surface area contributed by atoms with Crippen LogP contribution in [-0.2, 0) is 14.4 Å². The maximum atomic E-state index is 14.1. The number of rotatable bonds is 21. The van der Waals surface area contributed by atoms with Gasteiger partial charge in [0.2, 0.25) is 11.8 Å². The van der Waals surface area contributed by atoms with Crippen LogP contribution < -0.4 is 37.2 Å². The number of hydrogen-bond donors (Lipinski definition) is 8. The van der Waals surface area contributed by atoms with Gasteiger partial charge in [-0.05, 0) is 132 Å². The van der Waals surface area contributed by atoms with Crippen LogP contribution in [0.1, 0.15) is 147 Å². The van der Waals surface area contributed by atoms with E-state index in [1.54, 1.807) is 0 Å². The molecule has 71 heavy (non-hydrogen) atoms. The van der Waals surface area contributed by atoms with E-state index in [9.17, 15) is 19.5 Å². The minimum Gasteiger partial charge on any atom is -0.512 e. The van der Waals surface area contributed by atoms with E-state index in [0.29, 0.717) is 86.7 Å². The van der Waals surface area contributed by atoms with E-state index in [1.807, 2.05) is 6.92 Å². The van der Waals surface area contributed by atoms with Crippen molar-refractivity contribution in [3.8, 4) is 0 Å². The molecule has 12 heteroatoms. The number of carbonyl (C=O) groups is 3. The van der Waals surface area contributed by atoms with Crippen LogP contribution in [0.2, 0.25) is 0 Å². The Hall–Kier alpha value is -4.13. The number of nitrogens with zero attached hydrogens (tertiary/aromatic N) is 1. The van der Waals surface area contributed by atoms with Crippen LogP contribution >= 0.6 is 0 Å². The Morgan fingerprint density at radius 2 is 1.66 bits per heavy atom. The molecule has 394 valence electrons. The highest BCUT2D eigenvalue weighted by atomic mass is 16.3. The van der Waals surface area contributed by atoms with Gasteiger partial charge in [-0.25, -0.2) is 0 Å². The van der Waals surface area contributed by atoms with E-state index in [2.05, 4.69) is 149 Å². The Bertz CT molecular complexity index is 2130. The van der Waals surface area contributed by atoms with Gasteiger partial charge in [-0.1, -0.05) is 72.3 Å². The number of hydrogen-bond acceptors (Lipinski definition) is 10. The Labute approximate surface area is 428 Å². The van der Waals surface area contributed by atoms with Crippen molar-refractivity contribution in [3.05, 3.63) is 82.7 Å². The highest BCUT2D eigenvalue weighted by Gasteiger charge is 2.54. The SMILES string of the molecule is C=CC1C2=CC3NC(CC4NC5/C(=C6\NC(C=C(N2)C1C)C(C)C6CCC(=O)NCCCCC(NC(=C)C(C)CC1=CC(C)=C(O)CC1)C(=O)NCCN(C(C)C)C(C)C)CC(=O)C5C4C)C(CC)C3C. The molecule has 0 radical (unpaired) electrons. The molecule has 2 amide bonds. The summed E-state index contributed by atoms with van der Waals surface area (Å²) in [6.07, 6.45) is 17.2. The summed E-state index contributed by atoms with van der Waals surface area (Å²) in [6.45, 7) is 35.1. The lowest BCUT2D eigenvalue weighted by atomic mass is 9.81. The number of Topliss-reactive ketones (excluding diaryl/α,β-unsaturated/α-hetero) is 1. The third kappa shape index (κ3) is 12.3. The average Bonchev–Trinajstić information content (AvgIpc) is 4.08. The third-order valence-electron chi connectivity index (χ3n) is 18.4. The molecule has 5 heterocycles. The minimum atomic E-state index is -0.442. The van der Waals surface area contributed by atoms with Gasteiger partial charge in [0, 0.05) is 128 Å². The molecule has 0 aromatic heterocycles. The van der Waals surface area contributed by atoms with E-state index in [0.717, 1.165) is 56.3 Å². The lowest BCUT2D eigenvalue weighted by molar-refractivity contribution is -0.123. The lowest BCUT2D eigenvalue weighted by Gasteiger charge is -2.31. The lowest BCUT2D eigenvalue weighted by Crippen LogP contribution is -2.48. The van der Waals surface area contributed by atoms with Crippen molar-refractivity contribution >= 4 is 17.6 Å². The van der Waals surface area contributed by atoms with E-state index >= 15 is 0 Å². The molecule has 12 nitrogen and oxygen atoms in total. The average molecular weight is 979 g/mol. The number of ketones is 1. The maximum absolute atomic E-state index is 14.1. The summed E-state index contributed by atoms with van der Waals surface area (Å²) in [5, 5.41) is 36.1. The molecule has 8 bridgehead atoms. The highest BCUT2D eigenvalue weighted by molar-refractivity contribution is 5.89. The molecule has 7 rings (SSSR count). The van der Waals surface area contributed by atoms with Gasteiger partial charge in [0.05, 0.1) is 5.76 Å². The quantitative estimate of drug-likeness (QED) is 0.0414. The van der Waals surface area contributed by atoms with Crippen molar-refractivity contribution < 1.29 is 19.5 Å². The molecule has 4 saturated heterocycles. The first kappa shape index (κ1) is 54.6. The van der Waals surface area contributed by atoms with Crippen LogP contribution in [0.4, 0.5) is 0 Å². The second kappa shape index (κ2) is 23.8. The van der Waals surface area contributed by atoms with Crippen molar-refractivity contribution in [1.29, 1.82) is 0 Å². The fraction of sp³-hybridized carbons (Fsp3) is 0.712. The second-order valence-corrected chi connectivity index (χ2v) is 23.6. The molecule has 15 atom stereocenters. The number of nitrogens with one attached hydrogen (secondary N) is 7. The van der Waals surface area contributed by atoms with Crippen molar-refractivity contribution in [2.45, 2.75) is 195 Å². The summed E-state index contributed by atoms with van der Waals surface area (Å²) in [4.78, 5) is 44.0. The van der Waals surface area contributed by atoms with Crippen molar-refractivity contribution in [2.75, 3.05) is 19.6 Å². The number of unbranched alkanes of at least 4 members (excludes halogenated alkanes) is 1. The zero-order valence-corrected chi connectivity index (χ0v) is 45.6. The van der Waals surface area contributed by atoms with Gasteiger partial charge in [0.1, 0.15) is 11.8 Å². The number of fused-ring (bicyclic) bond motifs is 7. The predicted octanol–water partition coefficient (Wildman–Crippen LogP) is 8.60. The molecule has 15 unspecified atom stereocenters. The Balaban J connectivity index is 1.000. The molecule has 2 aliphatic carbocycles. The standard InChI is InChI=1S/C59H94N8O4/c1-14-42-36(9)47-29-49-38(11)44(57(65-49)45-28-54(69)56-39(12)50(66-58(45)56)31-52-43(15-2)37(10)48(64-52)30-51(42)63-47)20-22-55(70)60-23-17-16-18-46(59(71)61-24-25-67(32(3)4)33(5)6)62-40(13)34(7)26-41-19-21-53(68)35(8)27-41/h14,27,29-30,32-34,36-39,42-44,46,48-50,52,56,58,62-66,68H,1,13,15-26,28,31H2,2-12H3,(H,60,70)(H,61,71)/b47-29?,51-30?,57-45-. The van der Waals surface area contributed by atoms with Gasteiger partial charge < -0.3 is 42.3 Å². The van der Waals surface area contributed by atoms with Crippen molar-refractivity contribution in [1.82, 2.24) is 42.1 Å². The highest BCUT2D eigenvalue weighted by Crippen LogP contribution is 2.48. The fourth-order valence-electron chi connectivity index (χ4n) is 13.9. The second-order valence-electron chi connectivity index (χ2n) is 23.6. The molecule has 0 aromatic rings. The predicted molar refractivity (Wildman–Crippen MR) is 289 cm³/mol. The van der Waals surface area contributed by atoms with Crippen LogP contribution in [0.3, 0.4) is 0 Å². The van der Waals surface area contributed by atoms with Crippen molar-refractivity contribution in [3.63, 3.8) is 0 Å². The van der Waals surface area contributed by atoms with Gasteiger partial charge in [-0.15, -0.1) is 6.58 Å². The summed E-state index contributed by atoms with van der Waals surface area (Å²) in [6, 6.07) is 1.27. The van der Waals surface area contributed by atoms with Crippen LogP contribution in [0, 0.1) is 53.3 Å². The van der Waals surface area contributed by atoms with Gasteiger partial charge in [0.15, 0.2) is 0 Å². The number of carbonyl (C=O) groups excluding carboxylic acids is 3. The molecule has 5 aliphatic heterocycles. The Morgan fingerprint density at radius 3 is 2.35 bits per heavy atom. The summed E-state index contributed by atoms with van der Waals surface area (Å²) in [5.41, 5.74) is 7.90. The van der Waals surface area contributed by atoms with Crippen LogP contribution in [0.15, 0.2) is 82.7 Å². The molecule has 7 aliphatic rings. The molecule has 0 spiro atoms. The van der Waals surface area contributed by atoms with E-state index < -0.39 is 6.04 Å². The van der Waals surface area contributed by atoms with E-state index in [4.69, 9.17) is 0 Å². The summed E-state index contributed by atoms with van der Waals surface area (Å²) in [5.74, 6) is 2.99. The summed E-state index contributed by atoms with van der Waals surface area (Å²) < 4.78 is 0. The van der Waals surface area contributed by atoms with Crippen LogP contribution in [-0.4, -0.2) is 95.6 Å². The molecule has 1 saturated carbocycles. The minimum absolute atomic E-state index is 0.0182. The first-order valence-electron chi connectivity index (χ1n) is 28.0. The number of aliphatic hydroxyl groups is 1. The number of allylic oxidation sites excluding steroid dienone is 8.